The van der Waals surface area contributed by atoms with Crippen molar-refractivity contribution < 1.29 is 4.39 Å². The summed E-state index contributed by atoms with van der Waals surface area (Å²) < 4.78 is 15.2. The predicted molar refractivity (Wildman–Crippen MR) is 74.3 cm³/mol. The van der Waals surface area contributed by atoms with Gasteiger partial charge in [0, 0.05) is 14.2 Å². The van der Waals surface area contributed by atoms with E-state index in [9.17, 15) is 4.39 Å². The van der Waals surface area contributed by atoms with E-state index in [0.717, 1.165) is 9.26 Å². The van der Waals surface area contributed by atoms with Gasteiger partial charge >= 0.3 is 0 Å². The average molecular weight is 393 g/mol. The summed E-state index contributed by atoms with van der Waals surface area (Å²) in [5, 5.41) is 2.95. The van der Waals surface area contributed by atoms with Crippen LogP contribution < -0.4 is 5.32 Å². The highest BCUT2D eigenvalue weighted by atomic mass is 127. The summed E-state index contributed by atoms with van der Waals surface area (Å²) in [5.41, 5.74) is 0.844. The molecule has 2 aromatic rings. The molecule has 0 aliphatic carbocycles. The fourth-order valence-corrected chi connectivity index (χ4v) is 2.02. The topological polar surface area (TPSA) is 24.9 Å². The minimum Gasteiger partial charge on any atom is -0.337 e. The van der Waals surface area contributed by atoms with Crippen LogP contribution in [0.4, 0.5) is 15.9 Å². The maximum atomic E-state index is 13.5. The van der Waals surface area contributed by atoms with Gasteiger partial charge in [0.05, 0.1) is 5.69 Å². The normalized spacial score (nSPS) is 10.2. The van der Waals surface area contributed by atoms with Crippen molar-refractivity contribution in [3.63, 3.8) is 0 Å². The molecule has 0 amide bonds. The zero-order chi connectivity index (χ0) is 11.5. The van der Waals surface area contributed by atoms with Gasteiger partial charge in [0.25, 0.3) is 0 Å². The quantitative estimate of drug-likeness (QED) is 0.769. The largest absolute Gasteiger partial charge is 0.337 e. The van der Waals surface area contributed by atoms with E-state index in [1.807, 2.05) is 24.3 Å². The van der Waals surface area contributed by atoms with Crippen LogP contribution >= 0.6 is 38.5 Å². The van der Waals surface area contributed by atoms with Gasteiger partial charge in [-0.3, -0.25) is 0 Å². The van der Waals surface area contributed by atoms with Crippen LogP contribution in [0, 0.1) is 9.39 Å². The SMILES string of the molecule is Fc1cc(Br)cnc1Nc1ccccc1I. The minimum atomic E-state index is -0.381. The molecule has 0 atom stereocenters. The molecule has 0 bridgehead atoms. The van der Waals surface area contributed by atoms with Crippen LogP contribution in [-0.2, 0) is 0 Å². The van der Waals surface area contributed by atoms with Gasteiger partial charge in [-0.25, -0.2) is 9.37 Å². The molecule has 1 heterocycles. The molecule has 2 rings (SSSR count). The van der Waals surface area contributed by atoms with Crippen LogP contribution in [-0.4, -0.2) is 4.98 Å². The fraction of sp³-hybridized carbons (Fsp3) is 0. The Hall–Kier alpha value is -0.690. The Morgan fingerprint density at radius 1 is 1.31 bits per heavy atom. The van der Waals surface area contributed by atoms with Gasteiger partial charge in [-0.1, -0.05) is 12.1 Å². The Morgan fingerprint density at radius 3 is 2.75 bits per heavy atom. The summed E-state index contributed by atoms with van der Waals surface area (Å²) >= 11 is 5.35. The molecular formula is C11H7BrFIN2. The van der Waals surface area contributed by atoms with Crippen molar-refractivity contribution in [2.75, 3.05) is 5.32 Å². The van der Waals surface area contributed by atoms with E-state index in [4.69, 9.17) is 0 Å². The molecule has 0 saturated carbocycles. The standard InChI is InChI=1S/C11H7BrFIN2/c12-7-5-8(13)11(15-6-7)16-10-4-2-1-3-9(10)14/h1-6H,(H,15,16). The van der Waals surface area contributed by atoms with Gasteiger partial charge in [0.15, 0.2) is 11.6 Å². The van der Waals surface area contributed by atoms with Gasteiger partial charge in [0.1, 0.15) is 0 Å². The number of halogens is 3. The van der Waals surface area contributed by atoms with Crippen LogP contribution in [0.1, 0.15) is 0 Å². The summed E-state index contributed by atoms with van der Waals surface area (Å²) in [6, 6.07) is 9.02. The highest BCUT2D eigenvalue weighted by Crippen LogP contribution is 2.23. The Bertz CT molecular complexity index is 519. The van der Waals surface area contributed by atoms with Gasteiger partial charge < -0.3 is 5.32 Å². The van der Waals surface area contributed by atoms with Crippen LogP contribution in [0.5, 0.6) is 0 Å². The first kappa shape index (κ1) is 11.8. The lowest BCUT2D eigenvalue weighted by Gasteiger charge is -2.08. The zero-order valence-corrected chi connectivity index (χ0v) is 11.8. The second-order valence-electron chi connectivity index (χ2n) is 3.09. The molecule has 1 aromatic carbocycles. The molecule has 5 heteroatoms. The Kier molecular flexibility index (Phi) is 3.75. The Morgan fingerprint density at radius 2 is 2.06 bits per heavy atom. The van der Waals surface area contributed by atoms with Crippen molar-refractivity contribution in [2.45, 2.75) is 0 Å². The number of pyridine rings is 1. The summed E-state index contributed by atoms with van der Waals surface area (Å²) in [5.74, 6) is -0.152. The molecule has 0 spiro atoms. The molecule has 0 aliphatic heterocycles. The number of rotatable bonds is 2. The van der Waals surface area contributed by atoms with Crippen molar-refractivity contribution in [2.24, 2.45) is 0 Å². The third-order valence-corrected chi connectivity index (χ3v) is 3.31. The van der Waals surface area contributed by atoms with Gasteiger partial charge in [-0.15, -0.1) is 0 Å². The highest BCUT2D eigenvalue weighted by molar-refractivity contribution is 14.1. The van der Waals surface area contributed by atoms with Crippen molar-refractivity contribution in [1.82, 2.24) is 4.98 Å². The maximum Gasteiger partial charge on any atom is 0.166 e. The molecular weight excluding hydrogens is 386 g/mol. The third-order valence-electron chi connectivity index (χ3n) is 1.93. The highest BCUT2D eigenvalue weighted by Gasteiger charge is 2.06. The first-order chi connectivity index (χ1) is 7.66. The number of aromatic nitrogens is 1. The predicted octanol–water partition coefficient (Wildman–Crippen LogP) is 4.33. The monoisotopic (exact) mass is 392 g/mol. The Labute approximate surface area is 115 Å². The molecule has 0 fully saturated rings. The molecule has 0 unspecified atom stereocenters. The molecule has 0 saturated heterocycles. The molecule has 82 valence electrons. The average Bonchev–Trinajstić information content (AvgIpc) is 2.25. The number of para-hydroxylation sites is 1. The number of nitrogens with one attached hydrogen (secondary N) is 1. The lowest BCUT2D eigenvalue weighted by atomic mass is 10.3. The second kappa shape index (κ2) is 5.09. The van der Waals surface area contributed by atoms with Crippen LogP contribution in [0.15, 0.2) is 41.0 Å². The maximum absolute atomic E-state index is 13.5. The van der Waals surface area contributed by atoms with E-state index in [1.54, 1.807) is 6.20 Å². The number of benzene rings is 1. The van der Waals surface area contributed by atoms with Gasteiger partial charge in [0.2, 0.25) is 0 Å². The van der Waals surface area contributed by atoms with E-state index in [2.05, 4.69) is 48.8 Å². The van der Waals surface area contributed by atoms with E-state index in [-0.39, 0.29) is 11.6 Å². The van der Waals surface area contributed by atoms with Crippen LogP contribution in [0.25, 0.3) is 0 Å². The number of hydrogen-bond acceptors (Lipinski definition) is 2. The fourth-order valence-electron chi connectivity index (χ4n) is 1.20. The molecule has 1 aromatic heterocycles. The molecule has 16 heavy (non-hydrogen) atoms. The summed E-state index contributed by atoms with van der Waals surface area (Å²) in [7, 11) is 0. The van der Waals surface area contributed by atoms with Crippen molar-refractivity contribution in [1.29, 1.82) is 0 Å². The molecule has 0 aliphatic rings. The van der Waals surface area contributed by atoms with Gasteiger partial charge in [-0.05, 0) is 56.7 Å². The summed E-state index contributed by atoms with van der Waals surface area (Å²) in [4.78, 5) is 3.98. The molecule has 1 N–H and O–H groups in total. The van der Waals surface area contributed by atoms with Crippen molar-refractivity contribution in [3.8, 4) is 0 Å². The summed E-state index contributed by atoms with van der Waals surface area (Å²) in [6.45, 7) is 0. The van der Waals surface area contributed by atoms with Crippen molar-refractivity contribution in [3.05, 3.63) is 50.4 Å². The summed E-state index contributed by atoms with van der Waals surface area (Å²) in [6.07, 6.45) is 1.56. The van der Waals surface area contributed by atoms with E-state index < -0.39 is 0 Å². The Balaban J connectivity index is 2.31. The zero-order valence-electron chi connectivity index (χ0n) is 8.05. The van der Waals surface area contributed by atoms with Crippen LogP contribution in [0.3, 0.4) is 0 Å². The van der Waals surface area contributed by atoms with E-state index in [1.165, 1.54) is 6.07 Å². The molecule has 0 radical (unpaired) electrons. The van der Waals surface area contributed by atoms with E-state index >= 15 is 0 Å². The lowest BCUT2D eigenvalue weighted by molar-refractivity contribution is 0.625. The van der Waals surface area contributed by atoms with Crippen LogP contribution in [0.2, 0.25) is 0 Å². The first-order valence-electron chi connectivity index (χ1n) is 4.49. The molecule has 2 nitrogen and oxygen atoms in total. The first-order valence-corrected chi connectivity index (χ1v) is 6.36. The van der Waals surface area contributed by atoms with Crippen molar-refractivity contribution >= 4 is 50.0 Å². The number of anilines is 2. The van der Waals surface area contributed by atoms with E-state index in [0.29, 0.717) is 4.47 Å². The lowest BCUT2D eigenvalue weighted by Crippen LogP contribution is -1.98. The number of hydrogen-bond donors (Lipinski definition) is 1. The van der Waals surface area contributed by atoms with Gasteiger partial charge in [-0.2, -0.15) is 0 Å². The third kappa shape index (κ3) is 2.70. The second-order valence-corrected chi connectivity index (χ2v) is 5.17. The number of nitrogens with zero attached hydrogens (tertiary/aromatic N) is 1. The minimum absolute atomic E-state index is 0.229. The smallest absolute Gasteiger partial charge is 0.166 e.